The topological polar surface area (TPSA) is 44.1 Å². The van der Waals surface area contributed by atoms with Crippen LogP contribution in [0.2, 0.25) is 0 Å². The molecule has 3 rings (SSSR count). The second-order valence-electron chi connectivity index (χ2n) is 5.06. The van der Waals surface area contributed by atoms with E-state index in [1.807, 2.05) is 35.7 Å². The van der Waals surface area contributed by atoms with Crippen LogP contribution in [0.25, 0.3) is 21.3 Å². The van der Waals surface area contributed by atoms with Crippen LogP contribution in [0.15, 0.2) is 40.5 Å². The van der Waals surface area contributed by atoms with Gasteiger partial charge in [-0.3, -0.25) is 9.36 Å². The Morgan fingerprint density at radius 1 is 1.35 bits per heavy atom. The normalized spacial score (nSPS) is 10.8. The lowest BCUT2D eigenvalue weighted by Crippen LogP contribution is -2.25. The molecule has 0 saturated heterocycles. The number of aromatic nitrogens is 2. The van der Waals surface area contributed by atoms with Crippen LogP contribution in [-0.2, 0) is 17.7 Å². The summed E-state index contributed by atoms with van der Waals surface area (Å²) < 4.78 is 6.67. The van der Waals surface area contributed by atoms with Crippen LogP contribution in [0.1, 0.15) is 5.82 Å². The van der Waals surface area contributed by atoms with Crippen molar-refractivity contribution in [2.45, 2.75) is 13.0 Å². The van der Waals surface area contributed by atoms with Gasteiger partial charge in [-0.2, -0.15) is 0 Å². The standard InChI is InChI=1S/C18H16N2O2S/c1-3-10-20-15(9-11-22-2)19-17-16(18(20)21)14(12-23-17)13-7-5-4-6-8-13/h1,4-8,12H,9-11H2,2H3. The number of hydrogen-bond acceptors (Lipinski definition) is 4. The van der Waals surface area contributed by atoms with Crippen molar-refractivity contribution in [2.24, 2.45) is 0 Å². The summed E-state index contributed by atoms with van der Waals surface area (Å²) in [5.74, 6) is 3.21. The summed E-state index contributed by atoms with van der Waals surface area (Å²) in [6.45, 7) is 0.713. The van der Waals surface area contributed by atoms with E-state index in [2.05, 4.69) is 10.9 Å². The fourth-order valence-electron chi connectivity index (χ4n) is 2.54. The molecule has 3 aromatic rings. The Kier molecular flexibility index (Phi) is 4.56. The first kappa shape index (κ1) is 15.5. The van der Waals surface area contributed by atoms with Crippen LogP contribution in [0.5, 0.6) is 0 Å². The highest BCUT2D eigenvalue weighted by Gasteiger charge is 2.16. The molecule has 0 unspecified atom stereocenters. The number of benzene rings is 1. The van der Waals surface area contributed by atoms with Gasteiger partial charge >= 0.3 is 0 Å². The molecule has 0 spiro atoms. The third kappa shape index (κ3) is 2.91. The van der Waals surface area contributed by atoms with Crippen LogP contribution >= 0.6 is 11.3 Å². The Balaban J connectivity index is 2.23. The largest absolute Gasteiger partial charge is 0.384 e. The summed E-state index contributed by atoms with van der Waals surface area (Å²) in [4.78, 5) is 18.3. The van der Waals surface area contributed by atoms with Crippen LogP contribution < -0.4 is 5.56 Å². The minimum absolute atomic E-state index is 0.0841. The average molecular weight is 324 g/mol. The molecule has 116 valence electrons. The van der Waals surface area contributed by atoms with E-state index >= 15 is 0 Å². The van der Waals surface area contributed by atoms with Gasteiger partial charge in [-0.1, -0.05) is 36.3 Å². The van der Waals surface area contributed by atoms with Gasteiger partial charge in [0.2, 0.25) is 0 Å². The van der Waals surface area contributed by atoms with E-state index in [4.69, 9.17) is 11.2 Å². The molecule has 5 heteroatoms. The quantitative estimate of drug-likeness (QED) is 0.678. The number of ether oxygens (including phenoxy) is 1. The number of rotatable bonds is 5. The van der Waals surface area contributed by atoms with E-state index < -0.39 is 0 Å². The van der Waals surface area contributed by atoms with Crippen molar-refractivity contribution in [3.8, 4) is 23.5 Å². The summed E-state index contributed by atoms with van der Waals surface area (Å²) in [5, 5.41) is 2.62. The molecule has 0 saturated carbocycles. The SMILES string of the molecule is C#CCn1c(CCOC)nc2scc(-c3ccccc3)c2c1=O. The van der Waals surface area contributed by atoms with Gasteiger partial charge in [-0.15, -0.1) is 17.8 Å². The highest BCUT2D eigenvalue weighted by molar-refractivity contribution is 7.17. The zero-order valence-corrected chi connectivity index (χ0v) is 13.6. The van der Waals surface area contributed by atoms with Crippen LogP contribution in [0, 0.1) is 12.3 Å². The molecule has 2 heterocycles. The predicted octanol–water partition coefficient (Wildman–Crippen LogP) is 2.95. The first-order valence-electron chi connectivity index (χ1n) is 7.25. The summed E-state index contributed by atoms with van der Waals surface area (Å²) >= 11 is 1.48. The van der Waals surface area contributed by atoms with Gasteiger partial charge in [0.15, 0.2) is 0 Å². The number of nitrogens with zero attached hydrogens (tertiary/aromatic N) is 2. The number of methoxy groups -OCH3 is 1. The fraction of sp³-hybridized carbons (Fsp3) is 0.222. The molecule has 0 atom stereocenters. The molecule has 2 aromatic heterocycles. The van der Waals surface area contributed by atoms with Crippen molar-refractivity contribution >= 4 is 21.6 Å². The molecule has 0 fully saturated rings. The van der Waals surface area contributed by atoms with Crippen LogP contribution in [0.3, 0.4) is 0 Å². The molecule has 23 heavy (non-hydrogen) atoms. The van der Waals surface area contributed by atoms with E-state index in [9.17, 15) is 4.79 Å². The average Bonchev–Trinajstić information content (AvgIpc) is 3.01. The maximum Gasteiger partial charge on any atom is 0.263 e. The molecule has 0 aliphatic rings. The van der Waals surface area contributed by atoms with Gasteiger partial charge in [-0.05, 0) is 5.56 Å². The lowest BCUT2D eigenvalue weighted by molar-refractivity contribution is 0.199. The zero-order valence-electron chi connectivity index (χ0n) is 12.8. The van der Waals surface area contributed by atoms with E-state index in [1.54, 1.807) is 11.7 Å². The van der Waals surface area contributed by atoms with Gasteiger partial charge in [0, 0.05) is 24.5 Å². The monoisotopic (exact) mass is 324 g/mol. The molecule has 4 nitrogen and oxygen atoms in total. The first-order valence-corrected chi connectivity index (χ1v) is 8.13. The van der Waals surface area contributed by atoms with Crippen molar-refractivity contribution in [2.75, 3.05) is 13.7 Å². The number of thiophene rings is 1. The van der Waals surface area contributed by atoms with E-state index in [0.29, 0.717) is 24.2 Å². The van der Waals surface area contributed by atoms with Gasteiger partial charge < -0.3 is 4.74 Å². The van der Waals surface area contributed by atoms with E-state index in [1.165, 1.54) is 11.3 Å². The van der Waals surface area contributed by atoms with Gasteiger partial charge in [-0.25, -0.2) is 4.98 Å². The van der Waals surface area contributed by atoms with Crippen molar-refractivity contribution < 1.29 is 4.74 Å². The Morgan fingerprint density at radius 3 is 2.83 bits per heavy atom. The van der Waals surface area contributed by atoms with Crippen molar-refractivity contribution in [3.05, 3.63) is 51.9 Å². The molecular formula is C18H16N2O2S. The summed E-state index contributed by atoms with van der Waals surface area (Å²) in [5.41, 5.74) is 1.83. The Hall–Kier alpha value is -2.42. The third-order valence-corrected chi connectivity index (χ3v) is 4.51. The van der Waals surface area contributed by atoms with Crippen LogP contribution in [0.4, 0.5) is 0 Å². The summed E-state index contributed by atoms with van der Waals surface area (Å²) in [7, 11) is 1.63. The highest BCUT2D eigenvalue weighted by atomic mass is 32.1. The predicted molar refractivity (Wildman–Crippen MR) is 93.7 cm³/mol. The van der Waals surface area contributed by atoms with Crippen molar-refractivity contribution in [3.63, 3.8) is 0 Å². The van der Waals surface area contributed by atoms with Crippen LogP contribution in [-0.4, -0.2) is 23.3 Å². The smallest absolute Gasteiger partial charge is 0.263 e. The van der Waals surface area contributed by atoms with E-state index in [-0.39, 0.29) is 12.1 Å². The maximum atomic E-state index is 13.0. The number of fused-ring (bicyclic) bond motifs is 1. The Morgan fingerprint density at radius 2 is 2.13 bits per heavy atom. The molecule has 0 aliphatic carbocycles. The minimum atomic E-state index is -0.0841. The number of terminal acetylenes is 1. The zero-order chi connectivity index (χ0) is 16.2. The molecule has 0 aliphatic heterocycles. The minimum Gasteiger partial charge on any atom is -0.384 e. The summed E-state index contributed by atoms with van der Waals surface area (Å²) in [6.07, 6.45) is 5.99. The maximum absolute atomic E-state index is 13.0. The molecule has 0 amide bonds. The first-order chi connectivity index (χ1) is 11.3. The Bertz CT molecular complexity index is 920. The molecule has 0 bridgehead atoms. The second kappa shape index (κ2) is 6.78. The lowest BCUT2D eigenvalue weighted by atomic mass is 10.1. The molecule has 0 radical (unpaired) electrons. The third-order valence-electron chi connectivity index (χ3n) is 3.64. The summed E-state index contributed by atoms with van der Waals surface area (Å²) in [6, 6.07) is 9.85. The highest BCUT2D eigenvalue weighted by Crippen LogP contribution is 2.30. The van der Waals surface area contributed by atoms with Gasteiger partial charge in [0.1, 0.15) is 10.7 Å². The van der Waals surface area contributed by atoms with Gasteiger partial charge in [0.05, 0.1) is 18.5 Å². The lowest BCUT2D eigenvalue weighted by Gasteiger charge is -2.10. The molecule has 0 N–H and O–H groups in total. The van der Waals surface area contributed by atoms with Gasteiger partial charge in [0.25, 0.3) is 5.56 Å². The Labute approximate surface area is 138 Å². The van der Waals surface area contributed by atoms with Crippen molar-refractivity contribution in [1.29, 1.82) is 0 Å². The fourth-order valence-corrected chi connectivity index (χ4v) is 3.49. The number of hydrogen-bond donors (Lipinski definition) is 0. The molecule has 1 aromatic carbocycles. The van der Waals surface area contributed by atoms with E-state index in [0.717, 1.165) is 16.0 Å². The van der Waals surface area contributed by atoms with Crippen molar-refractivity contribution in [1.82, 2.24) is 9.55 Å². The second-order valence-corrected chi connectivity index (χ2v) is 5.92. The molecular weight excluding hydrogens is 308 g/mol.